The van der Waals surface area contributed by atoms with E-state index in [1.165, 1.54) is 0 Å². The van der Waals surface area contributed by atoms with Crippen LogP contribution in [0.3, 0.4) is 0 Å². The van der Waals surface area contributed by atoms with Gasteiger partial charge in [0.2, 0.25) is 0 Å². The molecule has 272 valence electrons. The lowest BCUT2D eigenvalue weighted by Gasteiger charge is -2.08. The molecule has 4 atom stereocenters. The average Bonchev–Trinajstić information content (AvgIpc) is 3.01. The second-order valence-electron chi connectivity index (χ2n) is 9.32. The maximum atomic E-state index is 11.3. The monoisotopic (exact) mass is 694 g/mol. The quantitative estimate of drug-likeness (QED) is 0.0588. The van der Waals surface area contributed by atoms with Gasteiger partial charge in [0.15, 0.2) is 0 Å². The van der Waals surface area contributed by atoms with Crippen molar-refractivity contribution in [3.8, 4) is 0 Å². The molecule has 0 saturated carbocycles. The van der Waals surface area contributed by atoms with E-state index in [-0.39, 0.29) is 58.0 Å². The van der Waals surface area contributed by atoms with Crippen LogP contribution in [-0.2, 0) is 54.7 Å². The van der Waals surface area contributed by atoms with Gasteiger partial charge in [0.05, 0.1) is 0 Å². The molecule has 0 aromatic heterocycles. The molecule has 48 heavy (non-hydrogen) atoms. The third-order valence-corrected chi connectivity index (χ3v) is 5.14. The zero-order valence-corrected chi connectivity index (χ0v) is 25.6. The van der Waals surface area contributed by atoms with Crippen LogP contribution in [0.25, 0.3) is 0 Å². The number of rotatable bonds is 19. The molecule has 1 rings (SSSR count). The molecule has 1 aromatic rings. The fourth-order valence-electron chi connectivity index (χ4n) is 2.40. The van der Waals surface area contributed by atoms with E-state index in [2.05, 4.69) is 4.89 Å². The van der Waals surface area contributed by atoms with Crippen molar-refractivity contribution in [3.05, 3.63) is 35.9 Å². The number of nitrogens with two attached hydrogens (primary N) is 4. The molecule has 15 N–H and O–H groups in total. The number of carbonyl (C=O) groups is 8. The van der Waals surface area contributed by atoms with E-state index in [1.807, 2.05) is 30.3 Å². The van der Waals surface area contributed by atoms with Gasteiger partial charge in [-0.05, 0) is 31.2 Å². The van der Waals surface area contributed by atoms with Gasteiger partial charge < -0.3 is 58.7 Å². The van der Waals surface area contributed by atoms with Crippen molar-refractivity contribution in [1.82, 2.24) is 0 Å². The summed E-state index contributed by atoms with van der Waals surface area (Å²) in [6.45, 7) is 0.123. The number of aliphatic carboxylic acids is 7. The van der Waals surface area contributed by atoms with Crippen LogP contribution in [0.4, 0.5) is 0 Å². The van der Waals surface area contributed by atoms with E-state index in [0.29, 0.717) is 0 Å². The first kappa shape index (κ1) is 47.2. The maximum absolute atomic E-state index is 11.3. The van der Waals surface area contributed by atoms with Crippen LogP contribution in [0.15, 0.2) is 30.3 Å². The summed E-state index contributed by atoms with van der Waals surface area (Å²) in [6, 6.07) is 4.99. The first-order valence-electron chi connectivity index (χ1n) is 13.7. The van der Waals surface area contributed by atoms with E-state index in [9.17, 15) is 38.4 Å². The first-order valence-corrected chi connectivity index (χ1v) is 13.7. The van der Waals surface area contributed by atoms with E-state index in [4.69, 9.17) is 63.6 Å². The van der Waals surface area contributed by atoms with Gasteiger partial charge >= 0.3 is 47.8 Å². The number of hydrogen-bond acceptors (Lipinski definition) is 14. The molecule has 0 heterocycles. The molecule has 21 heteroatoms. The largest absolute Gasteiger partial charge is 0.481 e. The van der Waals surface area contributed by atoms with Crippen molar-refractivity contribution in [2.24, 2.45) is 22.9 Å². The Bertz CT molecular complexity index is 1090. The Kier molecular flexibility index (Phi) is 27.6. The second-order valence-corrected chi connectivity index (χ2v) is 9.32. The summed E-state index contributed by atoms with van der Waals surface area (Å²) in [6.07, 6.45) is -0.841. The van der Waals surface area contributed by atoms with Gasteiger partial charge in [-0.25, -0.2) is 4.79 Å². The van der Waals surface area contributed by atoms with Crippen LogP contribution in [0.5, 0.6) is 0 Å². The molecule has 0 saturated heterocycles. The average molecular weight is 695 g/mol. The molecule has 0 aliphatic carbocycles. The minimum atomic E-state index is -1.17. The second kappa shape index (κ2) is 28.0. The van der Waals surface area contributed by atoms with E-state index in [1.54, 1.807) is 0 Å². The lowest BCUT2D eigenvalue weighted by atomic mass is 10.2. The molecule has 1 aromatic carbocycles. The van der Waals surface area contributed by atoms with Gasteiger partial charge in [-0.1, -0.05) is 30.3 Å². The van der Waals surface area contributed by atoms with Crippen LogP contribution in [-0.4, -0.2) is 108 Å². The lowest BCUT2D eigenvalue weighted by molar-refractivity contribution is -0.281. The normalized spacial score (nSPS) is 12.2. The van der Waals surface area contributed by atoms with Crippen molar-refractivity contribution >= 4 is 47.8 Å². The number of carboxylic acids is 7. The standard InChI is InChI=1S/C12H15NO5.3C5H9NO4/c13-10(6-7-11(14)15)12(16)18-17-8-9-4-2-1-3-5-9;3*6-3(5(9)10)1-2-4(7)8/h1-5,10H,6-8,13H2,(H,14,15);3*3H,1-2,6H2,(H,7,8)(H,9,10)/t10-;3*3-/m0000/s1. The van der Waals surface area contributed by atoms with Gasteiger partial charge in [0.25, 0.3) is 0 Å². The molecule has 0 spiro atoms. The predicted octanol–water partition coefficient (Wildman–Crippen LogP) is -1.36. The van der Waals surface area contributed by atoms with Crippen LogP contribution in [0, 0.1) is 0 Å². The molecule has 0 aliphatic rings. The highest BCUT2D eigenvalue weighted by Gasteiger charge is 2.18. The number of benzene rings is 1. The fourth-order valence-corrected chi connectivity index (χ4v) is 2.40. The summed E-state index contributed by atoms with van der Waals surface area (Å²) in [5.74, 6) is -8.37. The third-order valence-electron chi connectivity index (χ3n) is 5.14. The van der Waals surface area contributed by atoms with Crippen molar-refractivity contribution in [3.63, 3.8) is 0 Å². The van der Waals surface area contributed by atoms with Crippen molar-refractivity contribution in [1.29, 1.82) is 0 Å². The number of hydrogen-bond donors (Lipinski definition) is 11. The Morgan fingerprint density at radius 3 is 1.06 bits per heavy atom. The molecule has 0 bridgehead atoms. The van der Waals surface area contributed by atoms with Crippen LogP contribution in [0.1, 0.15) is 56.9 Å². The highest BCUT2D eigenvalue weighted by Crippen LogP contribution is 2.03. The van der Waals surface area contributed by atoms with E-state index < -0.39 is 71.9 Å². The maximum Gasteiger partial charge on any atom is 0.358 e. The summed E-state index contributed by atoms with van der Waals surface area (Å²) in [7, 11) is 0. The minimum Gasteiger partial charge on any atom is -0.481 e. The summed E-state index contributed by atoms with van der Waals surface area (Å²) >= 11 is 0. The molecular formula is C27H42N4O17. The molecule has 0 radical (unpaired) electrons. The first-order chi connectivity index (χ1) is 22.2. The van der Waals surface area contributed by atoms with Gasteiger partial charge in [0.1, 0.15) is 30.8 Å². The predicted molar refractivity (Wildman–Crippen MR) is 160 cm³/mol. The van der Waals surface area contributed by atoms with Crippen molar-refractivity contribution in [2.45, 2.75) is 82.1 Å². The smallest absolute Gasteiger partial charge is 0.358 e. The van der Waals surface area contributed by atoms with E-state index >= 15 is 0 Å². The Labute approximate surface area is 272 Å². The van der Waals surface area contributed by atoms with Crippen LogP contribution >= 0.6 is 0 Å². The molecule has 0 unspecified atom stereocenters. The summed E-state index contributed by atoms with van der Waals surface area (Å²) in [5, 5.41) is 57.2. The Balaban J connectivity index is -0.000000590. The van der Waals surface area contributed by atoms with Crippen molar-refractivity contribution in [2.75, 3.05) is 0 Å². The summed E-state index contributed by atoms with van der Waals surface area (Å²) in [5.41, 5.74) is 21.3. The number of carbonyl (C=O) groups excluding carboxylic acids is 1. The molecule has 21 nitrogen and oxygen atoms in total. The fraction of sp³-hybridized carbons (Fsp3) is 0.481. The van der Waals surface area contributed by atoms with Gasteiger partial charge in [-0.3, -0.25) is 38.4 Å². The number of carboxylic acid groups (broad SMARTS) is 7. The highest BCUT2D eigenvalue weighted by molar-refractivity contribution is 5.77. The molecule has 0 aliphatic heterocycles. The Morgan fingerprint density at radius 1 is 0.500 bits per heavy atom. The van der Waals surface area contributed by atoms with E-state index in [0.717, 1.165) is 5.56 Å². The zero-order valence-electron chi connectivity index (χ0n) is 25.6. The molecular weight excluding hydrogens is 652 g/mol. The van der Waals surface area contributed by atoms with Crippen LogP contribution in [0.2, 0.25) is 0 Å². The summed E-state index contributed by atoms with van der Waals surface area (Å²) < 4.78 is 0. The molecule has 0 fully saturated rings. The summed E-state index contributed by atoms with van der Waals surface area (Å²) in [4.78, 5) is 90.4. The Morgan fingerprint density at radius 2 is 0.792 bits per heavy atom. The van der Waals surface area contributed by atoms with Gasteiger partial charge in [-0.2, -0.15) is 4.89 Å². The topological polar surface area (TPSA) is 401 Å². The Hall–Kier alpha value is -5.22. The third kappa shape index (κ3) is 32.2. The van der Waals surface area contributed by atoms with Gasteiger partial charge in [-0.15, -0.1) is 0 Å². The highest BCUT2D eigenvalue weighted by atomic mass is 17.2. The van der Waals surface area contributed by atoms with Crippen molar-refractivity contribution < 1.29 is 83.9 Å². The van der Waals surface area contributed by atoms with Crippen LogP contribution < -0.4 is 22.9 Å². The minimum absolute atomic E-state index is 0.0167. The SMILES string of the molecule is N[C@@H](CCC(=O)O)C(=O)O.N[C@@H](CCC(=O)O)C(=O)O.N[C@@H](CCC(=O)O)C(=O)O.N[C@@H](CCC(=O)O)C(=O)OOCc1ccccc1. The lowest BCUT2D eigenvalue weighted by Crippen LogP contribution is -2.32. The zero-order chi connectivity index (χ0) is 37.8. The van der Waals surface area contributed by atoms with Gasteiger partial charge in [0, 0.05) is 25.7 Å². The molecule has 0 amide bonds.